The van der Waals surface area contributed by atoms with Gasteiger partial charge >= 0.3 is 11.9 Å². The number of hydrogen-bond acceptors (Lipinski definition) is 2. The fraction of sp³-hybridized carbons (Fsp3) is 0. The largest absolute Gasteiger partial charge is 0.473 e. The zero-order chi connectivity index (χ0) is 9.40. The normalized spacial score (nSPS) is 7.08. The molecule has 0 heterocycles. The first-order chi connectivity index (χ1) is 5.64. The van der Waals surface area contributed by atoms with Crippen LogP contribution in [0.25, 0.3) is 0 Å². The Morgan fingerprint density at radius 2 is 0.846 bits per heavy atom. The summed E-state index contributed by atoms with van der Waals surface area (Å²) in [4.78, 5) is 18.2. The zero-order valence-electron chi connectivity index (χ0n) is 6.88. The van der Waals surface area contributed by atoms with Gasteiger partial charge in [-0.25, -0.2) is 9.59 Å². The molecule has 0 radical (unpaired) electrons. The van der Waals surface area contributed by atoms with Crippen LogP contribution in [0.1, 0.15) is 0 Å². The van der Waals surface area contributed by atoms with Crippen LogP contribution in [0, 0.1) is 0 Å². The van der Waals surface area contributed by atoms with Gasteiger partial charge in [-0.1, -0.05) is 36.4 Å². The van der Waals surface area contributed by atoms with E-state index in [0.717, 1.165) is 0 Å². The number of aliphatic carboxylic acids is 2. The molecule has 0 spiro atoms. The Morgan fingerprint density at radius 1 is 0.692 bits per heavy atom. The monoisotopic (exact) mass is 232 g/mol. The predicted octanol–water partition coefficient (Wildman–Crippen LogP) is 0.840. The van der Waals surface area contributed by atoms with Gasteiger partial charge in [0.05, 0.1) is 0 Å². The van der Waals surface area contributed by atoms with Gasteiger partial charge in [0.2, 0.25) is 0 Å². The molecule has 0 bridgehead atoms. The number of carboxylic acid groups (broad SMARTS) is 2. The second-order valence-corrected chi connectivity index (χ2v) is 1.77. The first kappa shape index (κ1) is 14.3. The Labute approximate surface area is 88.0 Å². The van der Waals surface area contributed by atoms with E-state index in [9.17, 15) is 0 Å². The van der Waals surface area contributed by atoms with Gasteiger partial charge in [-0.3, -0.25) is 0 Å². The fourth-order valence-corrected chi connectivity index (χ4v) is 0.385. The van der Waals surface area contributed by atoms with Gasteiger partial charge in [-0.15, -0.1) is 0 Å². The molecule has 66 valence electrons. The van der Waals surface area contributed by atoms with E-state index in [1.54, 1.807) is 0 Å². The second kappa shape index (κ2) is 8.88. The van der Waals surface area contributed by atoms with E-state index in [4.69, 9.17) is 19.8 Å². The van der Waals surface area contributed by atoms with Crippen LogP contribution in [-0.2, 0) is 29.1 Å². The van der Waals surface area contributed by atoms with Crippen molar-refractivity contribution in [1.82, 2.24) is 0 Å². The van der Waals surface area contributed by atoms with Crippen LogP contribution >= 0.6 is 0 Å². The maximum Gasteiger partial charge on any atom is 0.414 e. The van der Waals surface area contributed by atoms with Crippen molar-refractivity contribution in [3.63, 3.8) is 0 Å². The van der Waals surface area contributed by atoms with Gasteiger partial charge in [-0.05, 0) is 0 Å². The molecule has 0 amide bonds. The fourth-order valence-electron chi connectivity index (χ4n) is 0.385. The Morgan fingerprint density at radius 3 is 0.923 bits per heavy atom. The van der Waals surface area contributed by atoms with Crippen molar-refractivity contribution in [3.8, 4) is 0 Å². The molecule has 13 heavy (non-hydrogen) atoms. The standard InChI is InChI=1S/C6H6.C2H2O4.Zn/c1-2-4-6-5-3-1;3-1(4)2(5)6;/h1-6H;(H,3,4)(H,5,6);. The van der Waals surface area contributed by atoms with Crippen LogP contribution in [-0.4, -0.2) is 22.2 Å². The minimum absolute atomic E-state index is 0. The summed E-state index contributed by atoms with van der Waals surface area (Å²) in [5.74, 6) is -3.65. The van der Waals surface area contributed by atoms with Gasteiger partial charge in [-0.2, -0.15) is 0 Å². The quantitative estimate of drug-likeness (QED) is 0.514. The van der Waals surface area contributed by atoms with Crippen LogP contribution in [0.15, 0.2) is 36.4 Å². The summed E-state index contributed by atoms with van der Waals surface area (Å²) in [7, 11) is 0. The summed E-state index contributed by atoms with van der Waals surface area (Å²) >= 11 is 0. The van der Waals surface area contributed by atoms with Gasteiger partial charge in [0, 0.05) is 19.5 Å². The van der Waals surface area contributed by atoms with Crippen LogP contribution in [0.2, 0.25) is 0 Å². The topological polar surface area (TPSA) is 74.6 Å². The van der Waals surface area contributed by atoms with Gasteiger partial charge in [0.25, 0.3) is 0 Å². The Kier molecular flexibility index (Phi) is 9.77. The molecule has 0 unspecified atom stereocenters. The van der Waals surface area contributed by atoms with Crippen molar-refractivity contribution in [3.05, 3.63) is 36.4 Å². The summed E-state index contributed by atoms with van der Waals surface area (Å²) in [5, 5.41) is 14.8. The van der Waals surface area contributed by atoms with Crippen LogP contribution in [0.5, 0.6) is 0 Å². The van der Waals surface area contributed by atoms with E-state index >= 15 is 0 Å². The van der Waals surface area contributed by atoms with Gasteiger partial charge in [0.15, 0.2) is 0 Å². The molecule has 0 aliphatic carbocycles. The summed E-state index contributed by atoms with van der Waals surface area (Å²) in [5.41, 5.74) is 0. The predicted molar refractivity (Wildman–Crippen MR) is 41.7 cm³/mol. The smallest absolute Gasteiger partial charge is 0.414 e. The van der Waals surface area contributed by atoms with Crippen molar-refractivity contribution in [1.29, 1.82) is 0 Å². The van der Waals surface area contributed by atoms with Crippen LogP contribution in [0.3, 0.4) is 0 Å². The average Bonchev–Trinajstić information content (AvgIpc) is 2.08. The van der Waals surface area contributed by atoms with E-state index in [-0.39, 0.29) is 19.5 Å². The molecular formula is C8H8O4Zn. The molecule has 4 nitrogen and oxygen atoms in total. The molecular weight excluding hydrogens is 225 g/mol. The van der Waals surface area contributed by atoms with E-state index in [2.05, 4.69) is 0 Å². The van der Waals surface area contributed by atoms with E-state index in [0.29, 0.717) is 0 Å². The van der Waals surface area contributed by atoms with Crippen molar-refractivity contribution in [2.45, 2.75) is 0 Å². The molecule has 0 atom stereocenters. The minimum atomic E-state index is -1.82. The molecule has 0 saturated heterocycles. The number of hydrogen-bond donors (Lipinski definition) is 2. The number of carbonyl (C=O) groups is 2. The molecule has 1 aromatic rings. The third-order valence-electron chi connectivity index (χ3n) is 0.850. The van der Waals surface area contributed by atoms with Crippen molar-refractivity contribution >= 4 is 11.9 Å². The molecule has 1 rings (SSSR count). The minimum Gasteiger partial charge on any atom is -0.473 e. The summed E-state index contributed by atoms with van der Waals surface area (Å²) < 4.78 is 0. The number of rotatable bonds is 0. The van der Waals surface area contributed by atoms with Crippen LogP contribution in [0.4, 0.5) is 0 Å². The molecule has 0 fully saturated rings. The third-order valence-corrected chi connectivity index (χ3v) is 0.850. The molecule has 0 aliphatic rings. The van der Waals surface area contributed by atoms with Crippen LogP contribution < -0.4 is 0 Å². The Balaban J connectivity index is 0. The molecule has 2 N–H and O–H groups in total. The average molecular weight is 234 g/mol. The SMILES string of the molecule is O=C(O)C(=O)O.[Zn].c1ccccc1. The number of carboxylic acids is 2. The molecule has 0 aliphatic heterocycles. The maximum atomic E-state index is 9.10. The van der Waals surface area contributed by atoms with E-state index < -0.39 is 11.9 Å². The first-order valence-corrected chi connectivity index (χ1v) is 3.11. The molecule has 5 heteroatoms. The van der Waals surface area contributed by atoms with Crippen molar-refractivity contribution in [2.75, 3.05) is 0 Å². The maximum absolute atomic E-state index is 9.10. The molecule has 0 saturated carbocycles. The summed E-state index contributed by atoms with van der Waals surface area (Å²) in [6, 6.07) is 12.0. The number of benzene rings is 1. The van der Waals surface area contributed by atoms with Crippen molar-refractivity contribution in [2.24, 2.45) is 0 Å². The Hall–Kier alpha value is -1.22. The van der Waals surface area contributed by atoms with Crippen molar-refractivity contribution < 1.29 is 39.3 Å². The summed E-state index contributed by atoms with van der Waals surface area (Å²) in [6.07, 6.45) is 0. The molecule has 0 aromatic heterocycles. The zero-order valence-corrected chi connectivity index (χ0v) is 9.85. The Bertz CT molecular complexity index is 209. The first-order valence-electron chi connectivity index (χ1n) is 3.11. The van der Waals surface area contributed by atoms with E-state index in [1.807, 2.05) is 36.4 Å². The van der Waals surface area contributed by atoms with Gasteiger partial charge in [0.1, 0.15) is 0 Å². The summed E-state index contributed by atoms with van der Waals surface area (Å²) in [6.45, 7) is 0. The third kappa shape index (κ3) is 10.8. The second-order valence-electron chi connectivity index (χ2n) is 1.77. The van der Waals surface area contributed by atoms with Gasteiger partial charge < -0.3 is 10.2 Å². The van der Waals surface area contributed by atoms with E-state index in [1.165, 1.54) is 0 Å². The molecule has 1 aromatic carbocycles.